The van der Waals surface area contributed by atoms with E-state index < -0.39 is 0 Å². The zero-order chi connectivity index (χ0) is 18.8. The number of guanidine groups is 1. The summed E-state index contributed by atoms with van der Waals surface area (Å²) in [5.41, 5.74) is 0. The van der Waals surface area contributed by atoms with Crippen molar-refractivity contribution >= 4 is 35.9 Å². The van der Waals surface area contributed by atoms with Gasteiger partial charge in [-0.15, -0.1) is 24.0 Å². The number of ether oxygens (including phenoxy) is 3. The van der Waals surface area contributed by atoms with Gasteiger partial charge >= 0.3 is 5.97 Å². The first-order valence-electron chi connectivity index (χ1n) is 8.98. The van der Waals surface area contributed by atoms with E-state index in [2.05, 4.69) is 15.2 Å². The van der Waals surface area contributed by atoms with Gasteiger partial charge < -0.3 is 24.4 Å². The molecule has 0 aliphatic carbocycles. The summed E-state index contributed by atoms with van der Waals surface area (Å²) in [6, 6.07) is 7.59. The fourth-order valence-corrected chi connectivity index (χ4v) is 2.98. The maximum Gasteiger partial charge on any atom is 0.308 e. The number of nitrogens with zero attached hydrogens (tertiary/aromatic N) is 2. The second-order valence-corrected chi connectivity index (χ2v) is 6.14. The molecule has 0 radical (unpaired) electrons. The molecule has 1 N–H and O–H groups in total. The number of halogens is 1. The number of benzene rings is 1. The monoisotopic (exact) mass is 491 g/mol. The lowest BCUT2D eigenvalue weighted by molar-refractivity contribution is -0.146. The van der Waals surface area contributed by atoms with Crippen molar-refractivity contribution in [2.45, 2.75) is 19.3 Å². The Kier molecular flexibility index (Phi) is 10.9. The largest absolute Gasteiger partial charge is 0.497 e. The van der Waals surface area contributed by atoms with E-state index in [4.69, 9.17) is 14.2 Å². The summed E-state index contributed by atoms with van der Waals surface area (Å²) in [6.45, 7) is 2.99. The minimum absolute atomic E-state index is 0. The van der Waals surface area contributed by atoms with Gasteiger partial charge in [0.15, 0.2) is 5.96 Å². The molecule has 1 aliphatic heterocycles. The summed E-state index contributed by atoms with van der Waals surface area (Å²) in [4.78, 5) is 18.1. The molecule has 152 valence electrons. The molecule has 0 saturated carbocycles. The molecular formula is C19H30IN3O4. The first kappa shape index (κ1) is 23.3. The van der Waals surface area contributed by atoms with Crippen molar-refractivity contribution in [3.05, 3.63) is 24.3 Å². The topological polar surface area (TPSA) is 72.4 Å². The van der Waals surface area contributed by atoms with Crippen molar-refractivity contribution in [1.29, 1.82) is 0 Å². The molecule has 7 nitrogen and oxygen atoms in total. The highest BCUT2D eigenvalue weighted by Crippen LogP contribution is 2.19. The standard InChI is InChI=1S/C19H29N3O4.HI/c1-20-19(22-11-8-15(9-12-22)18(23)25-3)21-10-5-13-26-17-7-4-6-16(14-17)24-2;/h4,6-7,14-15H,5,8-13H2,1-3H3,(H,20,21);1H. The summed E-state index contributed by atoms with van der Waals surface area (Å²) in [7, 11) is 4.87. The lowest BCUT2D eigenvalue weighted by atomic mass is 9.97. The molecule has 0 amide bonds. The predicted molar refractivity (Wildman–Crippen MR) is 116 cm³/mol. The summed E-state index contributed by atoms with van der Waals surface area (Å²) in [5.74, 6) is 2.36. The molecule has 1 aromatic rings. The molecule has 8 heteroatoms. The Morgan fingerprint density at radius 2 is 1.96 bits per heavy atom. The smallest absolute Gasteiger partial charge is 0.308 e. The van der Waals surface area contributed by atoms with E-state index in [0.29, 0.717) is 6.61 Å². The van der Waals surface area contributed by atoms with E-state index in [9.17, 15) is 4.79 Å². The SMILES string of the molecule is CN=C(NCCCOc1cccc(OC)c1)N1CCC(C(=O)OC)CC1.I. The first-order valence-corrected chi connectivity index (χ1v) is 8.98. The molecule has 0 atom stereocenters. The normalized spacial score (nSPS) is 14.9. The fraction of sp³-hybridized carbons (Fsp3) is 0.579. The van der Waals surface area contributed by atoms with Crippen LogP contribution in [0.1, 0.15) is 19.3 Å². The number of likely N-dealkylation sites (tertiary alicyclic amines) is 1. The Morgan fingerprint density at radius 1 is 1.26 bits per heavy atom. The Morgan fingerprint density at radius 3 is 2.59 bits per heavy atom. The lowest BCUT2D eigenvalue weighted by Crippen LogP contribution is -2.47. The van der Waals surface area contributed by atoms with Crippen LogP contribution in [0, 0.1) is 5.92 Å². The van der Waals surface area contributed by atoms with Crippen LogP contribution in [-0.4, -0.2) is 64.3 Å². The van der Waals surface area contributed by atoms with Gasteiger partial charge in [0.2, 0.25) is 0 Å². The lowest BCUT2D eigenvalue weighted by Gasteiger charge is -2.33. The highest BCUT2D eigenvalue weighted by atomic mass is 127. The first-order chi connectivity index (χ1) is 12.7. The molecule has 0 bridgehead atoms. The Balaban J connectivity index is 0.00000364. The van der Waals surface area contributed by atoms with Crippen LogP contribution < -0.4 is 14.8 Å². The molecular weight excluding hydrogens is 461 g/mol. The third kappa shape index (κ3) is 7.43. The number of methoxy groups -OCH3 is 2. The summed E-state index contributed by atoms with van der Waals surface area (Å²) >= 11 is 0. The third-order valence-corrected chi connectivity index (χ3v) is 4.45. The second-order valence-electron chi connectivity index (χ2n) is 6.14. The molecule has 1 saturated heterocycles. The van der Waals surface area contributed by atoms with Crippen LogP contribution in [0.5, 0.6) is 11.5 Å². The molecule has 0 aromatic heterocycles. The van der Waals surface area contributed by atoms with Gasteiger partial charge in [0.1, 0.15) is 11.5 Å². The van der Waals surface area contributed by atoms with Gasteiger partial charge in [-0.05, 0) is 31.4 Å². The number of nitrogens with one attached hydrogen (secondary N) is 1. The van der Waals surface area contributed by atoms with Gasteiger partial charge in [-0.1, -0.05) is 6.07 Å². The molecule has 2 rings (SSSR count). The number of aliphatic imine (C=N–C) groups is 1. The summed E-state index contributed by atoms with van der Waals surface area (Å²) < 4.78 is 15.7. The van der Waals surface area contributed by atoms with Crippen LogP contribution in [0.25, 0.3) is 0 Å². The number of carbonyl (C=O) groups is 1. The van der Waals surface area contributed by atoms with Gasteiger partial charge in [-0.3, -0.25) is 9.79 Å². The molecule has 1 fully saturated rings. The summed E-state index contributed by atoms with van der Waals surface area (Å²) in [6.07, 6.45) is 2.45. The average molecular weight is 491 g/mol. The Bertz CT molecular complexity index is 604. The van der Waals surface area contributed by atoms with E-state index >= 15 is 0 Å². The second kappa shape index (κ2) is 12.6. The number of rotatable bonds is 7. The number of hydrogen-bond donors (Lipinski definition) is 1. The van der Waals surface area contributed by atoms with E-state index in [1.165, 1.54) is 7.11 Å². The van der Waals surface area contributed by atoms with Crippen molar-refractivity contribution in [3.63, 3.8) is 0 Å². The minimum atomic E-state index is -0.109. The highest BCUT2D eigenvalue weighted by molar-refractivity contribution is 14.0. The van der Waals surface area contributed by atoms with Crippen LogP contribution in [0.15, 0.2) is 29.3 Å². The van der Waals surface area contributed by atoms with Crippen molar-refractivity contribution in [3.8, 4) is 11.5 Å². The van der Waals surface area contributed by atoms with Gasteiger partial charge in [0.25, 0.3) is 0 Å². The van der Waals surface area contributed by atoms with E-state index in [1.54, 1.807) is 14.2 Å². The molecule has 1 aromatic carbocycles. The number of esters is 1. The minimum Gasteiger partial charge on any atom is -0.497 e. The van der Waals surface area contributed by atoms with Crippen LogP contribution in [0.4, 0.5) is 0 Å². The van der Waals surface area contributed by atoms with Crippen molar-refractivity contribution in [2.75, 3.05) is 47.5 Å². The van der Waals surface area contributed by atoms with E-state index in [0.717, 1.165) is 56.4 Å². The van der Waals surface area contributed by atoms with Crippen LogP contribution in [0.2, 0.25) is 0 Å². The molecule has 0 spiro atoms. The van der Waals surface area contributed by atoms with E-state index in [-0.39, 0.29) is 35.9 Å². The van der Waals surface area contributed by atoms with Crippen LogP contribution in [-0.2, 0) is 9.53 Å². The Hall–Kier alpha value is -1.71. The molecule has 0 unspecified atom stereocenters. The van der Waals surface area contributed by atoms with Crippen LogP contribution in [0.3, 0.4) is 0 Å². The van der Waals surface area contributed by atoms with E-state index in [1.807, 2.05) is 24.3 Å². The highest BCUT2D eigenvalue weighted by Gasteiger charge is 2.26. The van der Waals surface area contributed by atoms with Gasteiger partial charge in [0, 0.05) is 32.7 Å². The van der Waals surface area contributed by atoms with Crippen molar-refractivity contribution < 1.29 is 19.0 Å². The predicted octanol–water partition coefficient (Wildman–Crippen LogP) is 2.54. The van der Waals surface area contributed by atoms with Gasteiger partial charge in [-0.25, -0.2) is 0 Å². The maximum atomic E-state index is 11.6. The van der Waals surface area contributed by atoms with Crippen molar-refractivity contribution in [1.82, 2.24) is 10.2 Å². The molecule has 27 heavy (non-hydrogen) atoms. The number of piperidine rings is 1. The zero-order valence-corrected chi connectivity index (χ0v) is 18.6. The van der Waals surface area contributed by atoms with Gasteiger partial charge in [0.05, 0.1) is 26.7 Å². The average Bonchev–Trinajstić information content (AvgIpc) is 2.70. The number of carbonyl (C=O) groups excluding carboxylic acids is 1. The van der Waals surface area contributed by atoms with Crippen molar-refractivity contribution in [2.24, 2.45) is 10.9 Å². The number of hydrogen-bond acceptors (Lipinski definition) is 5. The quantitative estimate of drug-likeness (QED) is 0.208. The van der Waals surface area contributed by atoms with Gasteiger partial charge in [-0.2, -0.15) is 0 Å². The van der Waals surface area contributed by atoms with Crippen LogP contribution >= 0.6 is 24.0 Å². The summed E-state index contributed by atoms with van der Waals surface area (Å²) in [5, 5.41) is 3.36. The Labute approximate surface area is 178 Å². The fourth-order valence-electron chi connectivity index (χ4n) is 2.98. The third-order valence-electron chi connectivity index (χ3n) is 4.45. The molecule has 1 heterocycles. The maximum absolute atomic E-state index is 11.6. The zero-order valence-electron chi connectivity index (χ0n) is 16.3. The molecule has 1 aliphatic rings.